The van der Waals surface area contributed by atoms with Gasteiger partial charge in [0.2, 0.25) is 11.8 Å². The van der Waals surface area contributed by atoms with E-state index in [0.29, 0.717) is 16.8 Å². The lowest BCUT2D eigenvalue weighted by atomic mass is 10.2. The maximum absolute atomic E-state index is 5.98. The lowest BCUT2D eigenvalue weighted by molar-refractivity contribution is 0.485. The van der Waals surface area contributed by atoms with E-state index in [1.54, 1.807) is 12.1 Å². The molecule has 0 saturated carbocycles. The van der Waals surface area contributed by atoms with Crippen molar-refractivity contribution in [1.82, 2.24) is 10.2 Å². The maximum Gasteiger partial charge on any atom is 0.247 e. The second-order valence-electron chi connectivity index (χ2n) is 4.83. The summed E-state index contributed by atoms with van der Waals surface area (Å²) in [5.74, 6) is 0.986. The monoisotopic (exact) mass is 377 g/mol. The lowest BCUT2D eigenvalue weighted by Crippen LogP contribution is -2.06. The summed E-state index contributed by atoms with van der Waals surface area (Å²) in [5.41, 5.74) is 1.79. The van der Waals surface area contributed by atoms with Crippen LogP contribution in [0.5, 0.6) is 0 Å². The Hall–Kier alpha value is -1.85. The molecule has 0 amide bonds. The fraction of sp³-hybridized carbons (Fsp3) is 0.125. The Morgan fingerprint density at radius 3 is 2.64 bits per heavy atom. The Kier molecular flexibility index (Phi) is 4.45. The van der Waals surface area contributed by atoms with E-state index in [2.05, 4.69) is 31.4 Å². The predicted molar refractivity (Wildman–Crippen MR) is 90.9 cm³/mol. The molecule has 22 heavy (non-hydrogen) atoms. The molecule has 0 spiro atoms. The van der Waals surface area contributed by atoms with E-state index in [9.17, 15) is 0 Å². The molecule has 1 atom stereocenters. The summed E-state index contributed by atoms with van der Waals surface area (Å²) in [6.45, 7) is 1.97. The molecule has 1 N–H and O–H groups in total. The second kappa shape index (κ2) is 6.50. The Morgan fingerprint density at radius 1 is 1.14 bits per heavy atom. The molecule has 0 unspecified atom stereocenters. The quantitative estimate of drug-likeness (QED) is 0.667. The highest BCUT2D eigenvalue weighted by atomic mass is 79.9. The molecule has 0 aliphatic rings. The SMILES string of the molecule is C[C@@H](Nc1ccc(Br)cc1)c1nnc(-c2cccc(Cl)c2)o1. The van der Waals surface area contributed by atoms with Gasteiger partial charge in [-0.15, -0.1) is 10.2 Å². The van der Waals surface area contributed by atoms with Crippen molar-refractivity contribution in [3.05, 3.63) is 63.9 Å². The van der Waals surface area contributed by atoms with Crippen LogP contribution in [0.1, 0.15) is 18.9 Å². The Morgan fingerprint density at radius 2 is 1.91 bits per heavy atom. The number of hydrogen-bond donors (Lipinski definition) is 1. The minimum atomic E-state index is -0.0957. The van der Waals surface area contributed by atoms with Gasteiger partial charge >= 0.3 is 0 Å². The fourth-order valence-corrected chi connectivity index (χ4v) is 2.46. The molecule has 1 aromatic heterocycles. The van der Waals surface area contributed by atoms with Crippen LogP contribution in [0.2, 0.25) is 5.02 Å². The highest BCUT2D eigenvalue weighted by Crippen LogP contribution is 2.25. The number of nitrogens with one attached hydrogen (secondary N) is 1. The molecule has 6 heteroatoms. The van der Waals surface area contributed by atoms with Crippen LogP contribution in [-0.4, -0.2) is 10.2 Å². The van der Waals surface area contributed by atoms with Crippen LogP contribution in [0, 0.1) is 0 Å². The Balaban J connectivity index is 1.76. The van der Waals surface area contributed by atoms with Crippen molar-refractivity contribution in [2.75, 3.05) is 5.32 Å². The summed E-state index contributed by atoms with van der Waals surface area (Å²) in [7, 11) is 0. The number of rotatable bonds is 4. The maximum atomic E-state index is 5.98. The van der Waals surface area contributed by atoms with Crippen molar-refractivity contribution >= 4 is 33.2 Å². The molecule has 0 bridgehead atoms. The van der Waals surface area contributed by atoms with E-state index in [-0.39, 0.29) is 6.04 Å². The zero-order chi connectivity index (χ0) is 15.5. The van der Waals surface area contributed by atoms with Crippen molar-refractivity contribution in [3.63, 3.8) is 0 Å². The molecule has 3 aromatic rings. The molecule has 0 aliphatic carbocycles. The molecule has 4 nitrogen and oxygen atoms in total. The topological polar surface area (TPSA) is 51.0 Å². The van der Waals surface area contributed by atoms with Crippen molar-refractivity contribution in [2.45, 2.75) is 13.0 Å². The van der Waals surface area contributed by atoms with Crippen molar-refractivity contribution in [2.24, 2.45) is 0 Å². The molecular weight excluding hydrogens is 366 g/mol. The zero-order valence-corrected chi connectivity index (χ0v) is 14.1. The average molecular weight is 379 g/mol. The first-order chi connectivity index (χ1) is 10.6. The molecular formula is C16H13BrClN3O. The van der Waals surface area contributed by atoms with Gasteiger partial charge in [-0.25, -0.2) is 0 Å². The van der Waals surface area contributed by atoms with E-state index in [1.807, 2.05) is 43.3 Å². The van der Waals surface area contributed by atoms with E-state index in [0.717, 1.165) is 15.7 Å². The van der Waals surface area contributed by atoms with E-state index in [1.165, 1.54) is 0 Å². The van der Waals surface area contributed by atoms with Gasteiger partial charge in [0.25, 0.3) is 0 Å². The van der Waals surface area contributed by atoms with Gasteiger partial charge in [0.15, 0.2) is 0 Å². The van der Waals surface area contributed by atoms with Gasteiger partial charge in [-0.3, -0.25) is 0 Å². The standard InChI is InChI=1S/C16H13BrClN3O/c1-10(19-14-7-5-12(17)6-8-14)15-20-21-16(22-15)11-3-2-4-13(18)9-11/h2-10,19H,1H3/t10-/m1/s1. The third-order valence-electron chi connectivity index (χ3n) is 3.11. The Labute approximate surface area is 141 Å². The number of hydrogen-bond acceptors (Lipinski definition) is 4. The number of aromatic nitrogens is 2. The molecule has 0 radical (unpaired) electrons. The normalized spacial score (nSPS) is 12.1. The molecule has 0 fully saturated rings. The highest BCUT2D eigenvalue weighted by Gasteiger charge is 2.15. The molecule has 1 heterocycles. The summed E-state index contributed by atoms with van der Waals surface area (Å²) in [6.07, 6.45) is 0. The van der Waals surface area contributed by atoms with Crippen molar-refractivity contribution < 1.29 is 4.42 Å². The minimum absolute atomic E-state index is 0.0957. The van der Waals surface area contributed by atoms with Gasteiger partial charge in [-0.05, 0) is 49.4 Å². The first kappa shape index (κ1) is 15.1. The Bertz CT molecular complexity index is 773. The van der Waals surface area contributed by atoms with Gasteiger partial charge in [-0.1, -0.05) is 33.6 Å². The van der Waals surface area contributed by atoms with Crippen LogP contribution >= 0.6 is 27.5 Å². The van der Waals surface area contributed by atoms with Crippen molar-refractivity contribution in [3.8, 4) is 11.5 Å². The minimum Gasteiger partial charge on any atom is -0.418 e. The van der Waals surface area contributed by atoms with Crippen LogP contribution in [0.25, 0.3) is 11.5 Å². The molecule has 0 saturated heterocycles. The summed E-state index contributed by atoms with van der Waals surface area (Å²) < 4.78 is 6.76. The molecule has 2 aromatic carbocycles. The number of benzene rings is 2. The van der Waals surface area contributed by atoms with Crippen molar-refractivity contribution in [1.29, 1.82) is 0 Å². The summed E-state index contributed by atoms with van der Waals surface area (Å²) in [4.78, 5) is 0. The van der Waals surface area contributed by atoms with Gasteiger partial charge in [0.1, 0.15) is 6.04 Å². The summed E-state index contributed by atoms with van der Waals surface area (Å²) in [5, 5.41) is 12.1. The van der Waals surface area contributed by atoms with E-state index in [4.69, 9.17) is 16.0 Å². The smallest absolute Gasteiger partial charge is 0.247 e. The summed E-state index contributed by atoms with van der Waals surface area (Å²) in [6, 6.07) is 15.2. The average Bonchev–Trinajstić information content (AvgIpc) is 3.00. The third kappa shape index (κ3) is 3.48. The van der Waals surface area contributed by atoms with E-state index < -0.39 is 0 Å². The van der Waals surface area contributed by atoms with Crippen LogP contribution in [0.15, 0.2) is 57.4 Å². The first-order valence-electron chi connectivity index (χ1n) is 6.73. The fourth-order valence-electron chi connectivity index (χ4n) is 2.01. The van der Waals surface area contributed by atoms with E-state index >= 15 is 0 Å². The zero-order valence-electron chi connectivity index (χ0n) is 11.8. The third-order valence-corrected chi connectivity index (χ3v) is 3.87. The molecule has 0 aliphatic heterocycles. The number of nitrogens with zero attached hydrogens (tertiary/aromatic N) is 2. The van der Waals surface area contributed by atoms with Crippen LogP contribution in [0.4, 0.5) is 5.69 Å². The largest absolute Gasteiger partial charge is 0.418 e. The van der Waals surface area contributed by atoms with Gasteiger partial charge in [0.05, 0.1) is 0 Å². The highest BCUT2D eigenvalue weighted by molar-refractivity contribution is 9.10. The number of halogens is 2. The van der Waals surface area contributed by atoms with Gasteiger partial charge in [-0.2, -0.15) is 0 Å². The van der Waals surface area contributed by atoms with Gasteiger partial charge in [0, 0.05) is 20.7 Å². The van der Waals surface area contributed by atoms with Crippen LogP contribution in [0.3, 0.4) is 0 Å². The van der Waals surface area contributed by atoms with Crippen LogP contribution in [-0.2, 0) is 0 Å². The lowest BCUT2D eigenvalue weighted by Gasteiger charge is -2.11. The molecule has 3 rings (SSSR count). The van der Waals surface area contributed by atoms with Gasteiger partial charge < -0.3 is 9.73 Å². The predicted octanol–water partition coefficient (Wildman–Crippen LogP) is 5.33. The number of anilines is 1. The second-order valence-corrected chi connectivity index (χ2v) is 6.18. The summed E-state index contributed by atoms with van der Waals surface area (Å²) >= 11 is 9.39. The molecule has 112 valence electrons. The van der Waals surface area contributed by atoms with Crippen LogP contribution < -0.4 is 5.32 Å². The first-order valence-corrected chi connectivity index (χ1v) is 7.90.